The van der Waals surface area contributed by atoms with E-state index in [0.717, 1.165) is 0 Å². The Morgan fingerprint density at radius 1 is 1.44 bits per heavy atom. The summed E-state index contributed by atoms with van der Waals surface area (Å²) in [6, 6.07) is 0. The van der Waals surface area contributed by atoms with E-state index in [-0.39, 0.29) is 43.1 Å². The topological polar surface area (TPSA) is 57.5 Å². The van der Waals surface area contributed by atoms with Gasteiger partial charge in [-0.15, -0.1) is 0 Å². The molecule has 0 aliphatic rings. The SMILES string of the molecule is CCCP(=O)(O)O.[CH3-].[Na+]. The second-order valence-corrected chi connectivity index (χ2v) is 3.16. The second-order valence-electron chi connectivity index (χ2n) is 1.39. The molecule has 0 aromatic heterocycles. The molecule has 0 aliphatic carbocycles. The van der Waals surface area contributed by atoms with Gasteiger partial charge in [-0.3, -0.25) is 4.57 Å². The summed E-state index contributed by atoms with van der Waals surface area (Å²) in [7, 11) is -3.67. The van der Waals surface area contributed by atoms with Crippen molar-refractivity contribution in [3.05, 3.63) is 7.43 Å². The van der Waals surface area contributed by atoms with Gasteiger partial charge in [0.2, 0.25) is 0 Å². The van der Waals surface area contributed by atoms with Gasteiger partial charge >= 0.3 is 37.2 Å². The molecule has 0 saturated heterocycles. The van der Waals surface area contributed by atoms with Crippen molar-refractivity contribution in [3.8, 4) is 0 Å². The molecule has 0 unspecified atom stereocenters. The molecule has 3 nitrogen and oxygen atoms in total. The van der Waals surface area contributed by atoms with Crippen molar-refractivity contribution in [2.75, 3.05) is 6.16 Å². The summed E-state index contributed by atoms with van der Waals surface area (Å²) in [5.41, 5.74) is 0. The minimum absolute atomic E-state index is 0. The van der Waals surface area contributed by atoms with Crippen molar-refractivity contribution in [2.24, 2.45) is 0 Å². The molecule has 0 saturated carbocycles. The third-order valence-electron chi connectivity index (χ3n) is 0.515. The molecule has 0 amide bonds. The fraction of sp³-hybridized carbons (Fsp3) is 0.750. The van der Waals surface area contributed by atoms with Gasteiger partial charge in [0.05, 0.1) is 0 Å². The van der Waals surface area contributed by atoms with Gasteiger partial charge in [0, 0.05) is 6.16 Å². The first-order chi connectivity index (χ1) is 3.06. The first kappa shape index (κ1) is 16.6. The van der Waals surface area contributed by atoms with E-state index in [0.29, 0.717) is 6.42 Å². The Kier molecular flexibility index (Phi) is 13.4. The number of hydrogen-bond acceptors (Lipinski definition) is 1. The summed E-state index contributed by atoms with van der Waals surface area (Å²) in [6.45, 7) is 1.74. The molecule has 52 valence electrons. The summed E-state index contributed by atoms with van der Waals surface area (Å²) in [6.07, 6.45) is 0.553. The standard InChI is InChI=1S/C3H9O3P.CH3.Na/c1-2-3-7(4,5)6;;/h2-3H2,1H3,(H2,4,5,6);1H3;/q;-1;+1. The quantitative estimate of drug-likeness (QED) is 0.281. The monoisotopic (exact) mass is 162 g/mol. The number of rotatable bonds is 2. The Balaban J connectivity index is -0.000000180. The second kappa shape index (κ2) is 7.26. The molecule has 0 radical (unpaired) electrons. The third kappa shape index (κ3) is 17.6. The van der Waals surface area contributed by atoms with Crippen LogP contribution in [0.3, 0.4) is 0 Å². The van der Waals surface area contributed by atoms with Gasteiger partial charge in [0.15, 0.2) is 0 Å². The average Bonchev–Trinajstić information content (AvgIpc) is 1.30. The van der Waals surface area contributed by atoms with Crippen LogP contribution in [0.5, 0.6) is 0 Å². The normalized spacial score (nSPS) is 9.22. The van der Waals surface area contributed by atoms with E-state index in [1.54, 1.807) is 6.92 Å². The Labute approximate surface area is 78.3 Å². The van der Waals surface area contributed by atoms with E-state index in [4.69, 9.17) is 9.79 Å². The van der Waals surface area contributed by atoms with Crippen LogP contribution in [0.4, 0.5) is 0 Å². The van der Waals surface area contributed by atoms with Gasteiger partial charge in [-0.1, -0.05) is 6.92 Å². The minimum Gasteiger partial charge on any atom is -0.358 e. The summed E-state index contributed by atoms with van der Waals surface area (Å²) >= 11 is 0. The van der Waals surface area contributed by atoms with Crippen molar-refractivity contribution in [1.29, 1.82) is 0 Å². The summed E-state index contributed by atoms with van der Waals surface area (Å²) < 4.78 is 9.93. The van der Waals surface area contributed by atoms with Gasteiger partial charge in [0.1, 0.15) is 0 Å². The van der Waals surface area contributed by atoms with Crippen molar-refractivity contribution in [3.63, 3.8) is 0 Å². The van der Waals surface area contributed by atoms with E-state index in [1.807, 2.05) is 0 Å². The zero-order valence-electron chi connectivity index (χ0n) is 6.16. The minimum atomic E-state index is -3.67. The maximum Gasteiger partial charge on any atom is 1.00 e. The molecule has 0 aromatic carbocycles. The molecule has 0 bridgehead atoms. The molecule has 9 heavy (non-hydrogen) atoms. The molecular weight excluding hydrogens is 150 g/mol. The summed E-state index contributed by atoms with van der Waals surface area (Å²) in [5.74, 6) is 0. The average molecular weight is 162 g/mol. The zero-order valence-corrected chi connectivity index (χ0v) is 9.06. The van der Waals surface area contributed by atoms with Crippen molar-refractivity contribution in [1.82, 2.24) is 0 Å². The van der Waals surface area contributed by atoms with Crippen molar-refractivity contribution < 1.29 is 43.9 Å². The van der Waals surface area contributed by atoms with E-state index in [9.17, 15) is 4.57 Å². The molecule has 0 atom stereocenters. The van der Waals surface area contributed by atoms with Crippen molar-refractivity contribution >= 4 is 7.60 Å². The summed E-state index contributed by atoms with van der Waals surface area (Å²) in [4.78, 5) is 16.3. The van der Waals surface area contributed by atoms with Gasteiger partial charge in [-0.25, -0.2) is 0 Å². The Bertz CT molecular complexity index is 89.8. The largest absolute Gasteiger partial charge is 1.00 e. The molecule has 0 aliphatic heterocycles. The molecule has 0 heterocycles. The first-order valence-corrected chi connectivity index (χ1v) is 3.90. The van der Waals surface area contributed by atoms with Crippen LogP contribution in [-0.2, 0) is 4.57 Å². The van der Waals surface area contributed by atoms with E-state index < -0.39 is 7.60 Å². The molecular formula is C4H12NaO3P. The van der Waals surface area contributed by atoms with Gasteiger partial charge in [0.25, 0.3) is 0 Å². The molecule has 5 heteroatoms. The first-order valence-electron chi connectivity index (χ1n) is 2.11. The maximum absolute atomic E-state index is 9.93. The van der Waals surface area contributed by atoms with Crippen LogP contribution in [-0.4, -0.2) is 15.9 Å². The van der Waals surface area contributed by atoms with Crippen LogP contribution in [0.15, 0.2) is 0 Å². The smallest absolute Gasteiger partial charge is 0.358 e. The molecule has 0 rings (SSSR count). The zero-order chi connectivity index (χ0) is 5.91. The maximum atomic E-state index is 9.93. The van der Waals surface area contributed by atoms with Crippen LogP contribution < -0.4 is 29.6 Å². The van der Waals surface area contributed by atoms with Gasteiger partial charge in [-0.2, -0.15) is 0 Å². The van der Waals surface area contributed by atoms with E-state index in [2.05, 4.69) is 0 Å². The predicted molar refractivity (Wildman–Crippen MR) is 33.6 cm³/mol. The van der Waals surface area contributed by atoms with Gasteiger partial charge in [-0.05, 0) is 6.42 Å². The Morgan fingerprint density at radius 2 is 1.78 bits per heavy atom. The fourth-order valence-corrected chi connectivity index (χ4v) is 0.874. The molecule has 2 N–H and O–H groups in total. The van der Waals surface area contributed by atoms with E-state index in [1.165, 1.54) is 0 Å². The number of hydrogen-bond donors (Lipinski definition) is 2. The Hall–Kier alpha value is 1.15. The Morgan fingerprint density at radius 3 is 1.78 bits per heavy atom. The summed E-state index contributed by atoms with van der Waals surface area (Å²) in [5, 5.41) is 0. The van der Waals surface area contributed by atoms with Crippen LogP contribution in [0.25, 0.3) is 0 Å². The van der Waals surface area contributed by atoms with Crippen LogP contribution in [0.1, 0.15) is 13.3 Å². The van der Waals surface area contributed by atoms with Gasteiger partial charge < -0.3 is 17.2 Å². The molecule has 0 spiro atoms. The van der Waals surface area contributed by atoms with Crippen LogP contribution >= 0.6 is 7.60 Å². The third-order valence-corrected chi connectivity index (χ3v) is 1.54. The van der Waals surface area contributed by atoms with E-state index >= 15 is 0 Å². The predicted octanol–water partition coefficient (Wildman–Crippen LogP) is -1.97. The molecule has 0 aromatic rings. The van der Waals surface area contributed by atoms with Crippen molar-refractivity contribution in [2.45, 2.75) is 13.3 Å². The molecule has 0 fully saturated rings. The van der Waals surface area contributed by atoms with Crippen LogP contribution in [0.2, 0.25) is 0 Å². The fourth-order valence-electron chi connectivity index (χ4n) is 0.291. The van der Waals surface area contributed by atoms with Crippen LogP contribution in [0, 0.1) is 7.43 Å².